The molecule has 1 aromatic heterocycles. The predicted octanol–water partition coefficient (Wildman–Crippen LogP) is 4.96. The molecule has 1 heterocycles. The molecule has 1 aromatic carbocycles. The van der Waals surface area contributed by atoms with Crippen LogP contribution in [-0.2, 0) is 9.53 Å². The number of benzene rings is 1. The minimum atomic E-state index is -0.867. The molecule has 0 atom stereocenters. The van der Waals surface area contributed by atoms with Gasteiger partial charge in [0.1, 0.15) is 0 Å². The summed E-state index contributed by atoms with van der Waals surface area (Å²) in [4.78, 5) is 27.6. The Morgan fingerprint density at radius 1 is 1.12 bits per heavy atom. The highest BCUT2D eigenvalue weighted by Crippen LogP contribution is 2.31. The first kappa shape index (κ1) is 19.5. The van der Waals surface area contributed by atoms with Gasteiger partial charge in [-0.2, -0.15) is 0 Å². The number of anilines is 1. The fourth-order valence-corrected chi connectivity index (χ4v) is 2.49. The first-order chi connectivity index (χ1) is 11.8. The van der Waals surface area contributed by atoms with Gasteiger partial charge in [0.05, 0.1) is 15.1 Å². The Kier molecular flexibility index (Phi) is 6.64. The average molecular weight is 402 g/mol. The van der Waals surface area contributed by atoms with E-state index in [1.165, 1.54) is 6.20 Å². The molecule has 0 spiro atoms. The molecule has 8 heteroatoms. The van der Waals surface area contributed by atoms with Crippen molar-refractivity contribution < 1.29 is 14.3 Å². The number of pyridine rings is 1. The van der Waals surface area contributed by atoms with Gasteiger partial charge in [-0.25, -0.2) is 9.78 Å². The zero-order chi connectivity index (χ0) is 18.6. The lowest BCUT2D eigenvalue weighted by atomic mass is 10.0. The van der Waals surface area contributed by atoms with E-state index in [1.807, 2.05) is 12.1 Å². The third kappa shape index (κ3) is 5.08. The zero-order valence-corrected chi connectivity index (χ0v) is 15.7. The number of amides is 1. The minimum Gasteiger partial charge on any atom is -0.451 e. The molecular formula is C17H15Cl3N2O3. The van der Waals surface area contributed by atoms with Gasteiger partial charge in [-0.3, -0.25) is 4.79 Å². The van der Waals surface area contributed by atoms with E-state index < -0.39 is 18.5 Å². The summed E-state index contributed by atoms with van der Waals surface area (Å²) in [5, 5.41) is 2.63. The molecule has 0 bridgehead atoms. The third-order valence-corrected chi connectivity index (χ3v) is 4.55. The zero-order valence-electron chi connectivity index (χ0n) is 13.5. The molecule has 1 N–H and O–H groups in total. The summed E-state index contributed by atoms with van der Waals surface area (Å²) in [6.07, 6.45) is 1.18. The number of ether oxygens (including phenoxy) is 1. The highest BCUT2D eigenvalue weighted by Gasteiger charge is 2.19. The lowest BCUT2D eigenvalue weighted by Crippen LogP contribution is -2.21. The van der Waals surface area contributed by atoms with Crippen molar-refractivity contribution in [3.05, 3.63) is 56.8 Å². The molecule has 132 valence electrons. The van der Waals surface area contributed by atoms with Gasteiger partial charge in [0.2, 0.25) is 0 Å². The van der Waals surface area contributed by atoms with Gasteiger partial charge in [-0.1, -0.05) is 60.8 Å². The van der Waals surface area contributed by atoms with Crippen LogP contribution in [0.1, 0.15) is 35.8 Å². The van der Waals surface area contributed by atoms with Gasteiger partial charge in [0.15, 0.2) is 12.3 Å². The number of halogens is 3. The van der Waals surface area contributed by atoms with E-state index in [4.69, 9.17) is 39.5 Å². The number of aromatic nitrogens is 1. The molecule has 0 aliphatic carbocycles. The molecule has 1 amide bonds. The van der Waals surface area contributed by atoms with E-state index in [1.54, 1.807) is 12.1 Å². The molecule has 0 fully saturated rings. The summed E-state index contributed by atoms with van der Waals surface area (Å²) in [6.45, 7) is 3.67. The molecule has 0 aliphatic rings. The van der Waals surface area contributed by atoms with Crippen LogP contribution in [0, 0.1) is 0 Å². The maximum Gasteiger partial charge on any atom is 0.359 e. The number of carbonyl (C=O) groups is 2. The molecule has 5 nitrogen and oxygen atoms in total. The predicted molar refractivity (Wildman–Crippen MR) is 98.7 cm³/mol. The number of esters is 1. The van der Waals surface area contributed by atoms with Gasteiger partial charge in [0.25, 0.3) is 5.91 Å². The molecule has 0 radical (unpaired) electrons. The molecule has 2 aromatic rings. The highest BCUT2D eigenvalue weighted by atomic mass is 35.5. The maximum atomic E-state index is 12.0. The van der Waals surface area contributed by atoms with Crippen molar-refractivity contribution in [1.29, 1.82) is 0 Å². The average Bonchev–Trinajstić information content (AvgIpc) is 2.58. The van der Waals surface area contributed by atoms with Crippen molar-refractivity contribution in [2.75, 3.05) is 11.9 Å². The number of rotatable bonds is 5. The quantitative estimate of drug-likeness (QED) is 0.719. The van der Waals surface area contributed by atoms with Crippen LogP contribution in [0.3, 0.4) is 0 Å². The lowest BCUT2D eigenvalue weighted by molar-refractivity contribution is -0.119. The fourth-order valence-electron chi connectivity index (χ4n) is 1.93. The smallest absolute Gasteiger partial charge is 0.359 e. The topological polar surface area (TPSA) is 68.3 Å². The Hall–Kier alpha value is -1.82. The summed E-state index contributed by atoms with van der Waals surface area (Å²) in [7, 11) is 0. The maximum absolute atomic E-state index is 12.0. The van der Waals surface area contributed by atoms with E-state index in [-0.39, 0.29) is 20.8 Å². The van der Waals surface area contributed by atoms with Crippen molar-refractivity contribution in [1.82, 2.24) is 4.98 Å². The molecule has 0 unspecified atom stereocenters. The van der Waals surface area contributed by atoms with Gasteiger partial charge >= 0.3 is 5.97 Å². The molecular weight excluding hydrogens is 387 g/mol. The second-order valence-corrected chi connectivity index (χ2v) is 6.65. The van der Waals surface area contributed by atoms with Crippen LogP contribution in [0.2, 0.25) is 15.1 Å². The number of carbonyl (C=O) groups excluding carboxylic acids is 2. The van der Waals surface area contributed by atoms with E-state index in [9.17, 15) is 9.59 Å². The second kappa shape index (κ2) is 8.52. The van der Waals surface area contributed by atoms with Crippen molar-refractivity contribution >= 4 is 52.4 Å². The van der Waals surface area contributed by atoms with Crippen LogP contribution in [0.25, 0.3) is 0 Å². The van der Waals surface area contributed by atoms with Gasteiger partial charge in [-0.05, 0) is 23.6 Å². The van der Waals surface area contributed by atoms with Crippen LogP contribution in [0.5, 0.6) is 0 Å². The first-order valence-corrected chi connectivity index (χ1v) is 8.49. The van der Waals surface area contributed by atoms with E-state index >= 15 is 0 Å². The van der Waals surface area contributed by atoms with Crippen molar-refractivity contribution in [2.24, 2.45) is 0 Å². The van der Waals surface area contributed by atoms with E-state index in [0.29, 0.717) is 11.6 Å². The fraction of sp³-hybridized carbons (Fsp3) is 0.235. The van der Waals surface area contributed by atoms with Crippen LogP contribution >= 0.6 is 34.8 Å². The van der Waals surface area contributed by atoms with Crippen LogP contribution in [0.15, 0.2) is 30.5 Å². The Labute approximate surface area is 160 Å². The number of hydrogen-bond acceptors (Lipinski definition) is 4. The second-order valence-electron chi connectivity index (χ2n) is 5.48. The van der Waals surface area contributed by atoms with Crippen molar-refractivity contribution in [2.45, 2.75) is 19.8 Å². The summed E-state index contributed by atoms with van der Waals surface area (Å²) >= 11 is 17.5. The number of nitrogens with one attached hydrogen (secondary N) is 1. The van der Waals surface area contributed by atoms with Gasteiger partial charge in [-0.15, -0.1) is 0 Å². The summed E-state index contributed by atoms with van der Waals surface area (Å²) in [6, 6.07) is 7.41. The summed E-state index contributed by atoms with van der Waals surface area (Å²) in [5.74, 6) is -0.954. The monoisotopic (exact) mass is 400 g/mol. The number of nitrogens with zero attached hydrogens (tertiary/aromatic N) is 1. The van der Waals surface area contributed by atoms with Crippen LogP contribution in [0.4, 0.5) is 5.69 Å². The molecule has 0 saturated carbocycles. The Morgan fingerprint density at radius 2 is 1.76 bits per heavy atom. The SMILES string of the molecule is CC(C)c1ccc(NC(=O)COC(=O)c2ncc(Cl)c(Cl)c2Cl)cc1. The van der Waals surface area contributed by atoms with Crippen LogP contribution < -0.4 is 5.32 Å². The normalized spacial score (nSPS) is 10.6. The molecule has 0 saturated heterocycles. The van der Waals surface area contributed by atoms with E-state index in [2.05, 4.69) is 24.1 Å². The first-order valence-electron chi connectivity index (χ1n) is 7.36. The summed E-state index contributed by atoms with van der Waals surface area (Å²) in [5.41, 5.74) is 1.56. The Bertz CT molecular complexity index is 792. The number of hydrogen-bond donors (Lipinski definition) is 1. The third-order valence-electron chi connectivity index (χ3n) is 3.31. The van der Waals surface area contributed by atoms with Crippen LogP contribution in [-0.4, -0.2) is 23.5 Å². The molecule has 0 aliphatic heterocycles. The Morgan fingerprint density at radius 3 is 2.36 bits per heavy atom. The van der Waals surface area contributed by atoms with Crippen molar-refractivity contribution in [3.8, 4) is 0 Å². The van der Waals surface area contributed by atoms with E-state index in [0.717, 1.165) is 5.56 Å². The molecule has 25 heavy (non-hydrogen) atoms. The van der Waals surface area contributed by atoms with Crippen molar-refractivity contribution in [3.63, 3.8) is 0 Å². The minimum absolute atomic E-state index is 0.0000212. The van der Waals surface area contributed by atoms with Gasteiger partial charge in [0, 0.05) is 11.9 Å². The summed E-state index contributed by atoms with van der Waals surface area (Å²) < 4.78 is 4.90. The van der Waals surface area contributed by atoms with Gasteiger partial charge < -0.3 is 10.1 Å². The lowest BCUT2D eigenvalue weighted by Gasteiger charge is -2.09. The highest BCUT2D eigenvalue weighted by molar-refractivity contribution is 6.48. The largest absolute Gasteiger partial charge is 0.451 e. The molecule has 2 rings (SSSR count). The Balaban J connectivity index is 1.93. The standard InChI is InChI=1S/C17H15Cl3N2O3/c1-9(2)10-3-5-11(6-4-10)22-13(23)8-25-17(24)16-15(20)14(19)12(18)7-21-16/h3-7,9H,8H2,1-2H3,(H,22,23).